The molecule has 0 aromatic heterocycles. The van der Waals surface area contributed by atoms with Gasteiger partial charge in [0, 0.05) is 32.4 Å². The fourth-order valence-electron chi connectivity index (χ4n) is 3.46. The molecule has 29 heavy (non-hydrogen) atoms. The second kappa shape index (κ2) is 9.53. The van der Waals surface area contributed by atoms with Gasteiger partial charge >= 0.3 is 0 Å². The van der Waals surface area contributed by atoms with Gasteiger partial charge in [-0.1, -0.05) is 12.1 Å². The summed E-state index contributed by atoms with van der Waals surface area (Å²) in [5.74, 6) is -1.15. The van der Waals surface area contributed by atoms with Gasteiger partial charge in [-0.3, -0.25) is 9.59 Å². The van der Waals surface area contributed by atoms with Crippen LogP contribution in [0.2, 0.25) is 0 Å². The summed E-state index contributed by atoms with van der Waals surface area (Å²) in [6.07, 6.45) is 1.83. The van der Waals surface area contributed by atoms with E-state index in [0.29, 0.717) is 13.2 Å². The number of rotatable bonds is 6. The van der Waals surface area contributed by atoms with Crippen LogP contribution in [0.4, 0.5) is 0 Å². The average molecular weight is 406 g/mol. The van der Waals surface area contributed by atoms with Crippen LogP contribution in [0, 0.1) is 0 Å². The van der Waals surface area contributed by atoms with Crippen molar-refractivity contribution in [2.45, 2.75) is 50.1 Å². The molecule has 2 heterocycles. The SMILES string of the molecule is C[C@H](N)C(=O)N[C@@H](Cc1ccc(O)cc1)C(=O)NC1COC2(CCNCC2)OC1. The average Bonchev–Trinajstić information content (AvgIpc) is 2.71. The molecule has 1 aromatic rings. The number of ether oxygens (including phenoxy) is 2. The van der Waals surface area contributed by atoms with Crippen LogP contribution in [0.1, 0.15) is 25.3 Å². The van der Waals surface area contributed by atoms with Crippen LogP contribution in [0.3, 0.4) is 0 Å². The molecule has 160 valence electrons. The molecule has 2 fully saturated rings. The van der Waals surface area contributed by atoms with Crippen molar-refractivity contribution in [2.75, 3.05) is 26.3 Å². The molecular formula is C20H30N4O5. The van der Waals surface area contributed by atoms with Crippen LogP contribution in [0.15, 0.2) is 24.3 Å². The zero-order chi connectivity index (χ0) is 20.9. The molecule has 9 nitrogen and oxygen atoms in total. The molecule has 2 aliphatic heterocycles. The highest BCUT2D eigenvalue weighted by atomic mass is 16.7. The Kier molecular flexibility index (Phi) is 7.07. The van der Waals surface area contributed by atoms with Gasteiger partial charge in [-0.05, 0) is 24.6 Å². The summed E-state index contributed by atoms with van der Waals surface area (Å²) in [5.41, 5.74) is 6.44. The normalized spacial score (nSPS) is 21.3. The van der Waals surface area contributed by atoms with Gasteiger partial charge in [0.15, 0.2) is 5.79 Å². The number of amides is 2. The third-order valence-electron chi connectivity index (χ3n) is 5.23. The summed E-state index contributed by atoms with van der Waals surface area (Å²) in [4.78, 5) is 25.0. The summed E-state index contributed by atoms with van der Waals surface area (Å²) >= 11 is 0. The lowest BCUT2D eigenvalue weighted by molar-refractivity contribution is -0.283. The second-order valence-electron chi connectivity index (χ2n) is 7.71. The van der Waals surface area contributed by atoms with Crippen LogP contribution < -0.4 is 21.7 Å². The quantitative estimate of drug-likeness (QED) is 0.425. The van der Waals surface area contributed by atoms with Gasteiger partial charge in [0.25, 0.3) is 0 Å². The number of phenolic OH excluding ortho intramolecular Hbond substituents is 1. The van der Waals surface area contributed by atoms with Crippen LogP contribution in [0.25, 0.3) is 0 Å². The molecule has 2 aliphatic rings. The van der Waals surface area contributed by atoms with Gasteiger partial charge in [-0.25, -0.2) is 0 Å². The number of hydrogen-bond donors (Lipinski definition) is 5. The minimum atomic E-state index is -0.798. The van der Waals surface area contributed by atoms with Gasteiger partial charge in [0.2, 0.25) is 11.8 Å². The summed E-state index contributed by atoms with van der Waals surface area (Å²) in [5, 5.41) is 18.3. The predicted octanol–water partition coefficient (Wildman–Crippen LogP) is -0.622. The maximum Gasteiger partial charge on any atom is 0.243 e. The van der Waals surface area contributed by atoms with Crippen LogP contribution >= 0.6 is 0 Å². The van der Waals surface area contributed by atoms with Crippen LogP contribution in [0.5, 0.6) is 5.75 Å². The maximum absolute atomic E-state index is 12.9. The van der Waals surface area contributed by atoms with Crippen molar-refractivity contribution in [2.24, 2.45) is 5.73 Å². The summed E-state index contributed by atoms with van der Waals surface area (Å²) in [6, 6.07) is 4.68. The highest BCUT2D eigenvalue weighted by molar-refractivity contribution is 5.89. The Morgan fingerprint density at radius 1 is 1.21 bits per heavy atom. The van der Waals surface area contributed by atoms with E-state index in [4.69, 9.17) is 15.2 Å². The molecule has 2 atom stereocenters. The first-order chi connectivity index (χ1) is 13.9. The number of nitrogens with one attached hydrogen (secondary N) is 3. The Hall–Kier alpha value is -2.20. The highest BCUT2D eigenvalue weighted by Crippen LogP contribution is 2.28. The standard InChI is InChI=1S/C20H30N4O5/c1-13(21)18(26)24-17(10-14-2-4-16(25)5-3-14)19(27)23-15-11-28-20(29-12-15)6-8-22-9-7-20/h2-5,13,15,17,22,25H,6-12,21H2,1H3,(H,23,27)(H,24,26)/t13-,17-/m0/s1. The number of benzene rings is 1. The Labute approximate surface area is 170 Å². The van der Waals surface area contributed by atoms with Crippen molar-refractivity contribution in [3.05, 3.63) is 29.8 Å². The van der Waals surface area contributed by atoms with E-state index in [1.54, 1.807) is 31.2 Å². The number of carbonyl (C=O) groups is 2. The van der Waals surface area contributed by atoms with Crippen LogP contribution in [-0.4, -0.2) is 67.1 Å². The zero-order valence-electron chi connectivity index (χ0n) is 16.6. The minimum Gasteiger partial charge on any atom is -0.508 e. The third-order valence-corrected chi connectivity index (χ3v) is 5.23. The van der Waals surface area contributed by atoms with E-state index in [0.717, 1.165) is 31.5 Å². The van der Waals surface area contributed by atoms with Gasteiger partial charge in [-0.2, -0.15) is 0 Å². The highest BCUT2D eigenvalue weighted by Gasteiger charge is 2.39. The van der Waals surface area contributed by atoms with Crippen LogP contribution in [-0.2, 0) is 25.5 Å². The van der Waals surface area contributed by atoms with E-state index >= 15 is 0 Å². The summed E-state index contributed by atoms with van der Waals surface area (Å²) in [7, 11) is 0. The Morgan fingerprint density at radius 2 is 1.83 bits per heavy atom. The van der Waals surface area contributed by atoms with E-state index < -0.39 is 23.8 Å². The summed E-state index contributed by atoms with van der Waals surface area (Å²) in [6.45, 7) is 3.97. The van der Waals surface area contributed by atoms with Crippen molar-refractivity contribution in [3.8, 4) is 5.75 Å². The molecule has 9 heteroatoms. The van der Waals surface area contributed by atoms with Gasteiger partial charge in [0.05, 0.1) is 25.3 Å². The number of phenols is 1. The van der Waals surface area contributed by atoms with Crippen molar-refractivity contribution in [3.63, 3.8) is 0 Å². The Morgan fingerprint density at radius 3 is 2.41 bits per heavy atom. The molecule has 1 aromatic carbocycles. The minimum absolute atomic E-state index is 0.137. The van der Waals surface area contributed by atoms with Crippen molar-refractivity contribution in [1.29, 1.82) is 0 Å². The van der Waals surface area contributed by atoms with Crippen molar-refractivity contribution in [1.82, 2.24) is 16.0 Å². The number of carbonyl (C=O) groups excluding carboxylic acids is 2. The van der Waals surface area contributed by atoms with E-state index in [2.05, 4.69) is 16.0 Å². The molecule has 0 saturated carbocycles. The number of aromatic hydroxyl groups is 1. The lowest BCUT2D eigenvalue weighted by Gasteiger charge is -2.42. The number of nitrogens with two attached hydrogens (primary N) is 1. The number of piperidine rings is 1. The van der Waals surface area contributed by atoms with Gasteiger partial charge in [0.1, 0.15) is 11.8 Å². The first kappa shape index (κ1) is 21.5. The predicted molar refractivity (Wildman–Crippen MR) is 106 cm³/mol. The smallest absolute Gasteiger partial charge is 0.243 e. The molecule has 6 N–H and O–H groups in total. The first-order valence-electron chi connectivity index (χ1n) is 10.00. The fraction of sp³-hybridized carbons (Fsp3) is 0.600. The molecule has 1 spiro atoms. The van der Waals surface area contributed by atoms with Gasteiger partial charge in [-0.15, -0.1) is 0 Å². The van der Waals surface area contributed by atoms with E-state index in [1.807, 2.05) is 0 Å². The monoisotopic (exact) mass is 406 g/mol. The zero-order valence-corrected chi connectivity index (χ0v) is 16.6. The summed E-state index contributed by atoms with van der Waals surface area (Å²) < 4.78 is 11.9. The molecule has 0 aliphatic carbocycles. The van der Waals surface area contributed by atoms with E-state index in [9.17, 15) is 14.7 Å². The third kappa shape index (κ3) is 5.89. The van der Waals surface area contributed by atoms with Gasteiger partial charge < -0.3 is 36.3 Å². The van der Waals surface area contributed by atoms with Crippen molar-refractivity contribution >= 4 is 11.8 Å². The second-order valence-corrected chi connectivity index (χ2v) is 7.71. The van der Waals surface area contributed by atoms with E-state index in [-0.39, 0.29) is 24.1 Å². The Bertz CT molecular complexity index is 693. The first-order valence-corrected chi connectivity index (χ1v) is 10.00. The maximum atomic E-state index is 12.9. The molecule has 2 amide bonds. The lowest BCUT2D eigenvalue weighted by atomic mass is 10.0. The molecule has 0 unspecified atom stereocenters. The lowest BCUT2D eigenvalue weighted by Crippen LogP contribution is -2.59. The largest absolute Gasteiger partial charge is 0.508 e. The number of hydrogen-bond acceptors (Lipinski definition) is 7. The molecule has 0 bridgehead atoms. The Balaban J connectivity index is 1.59. The molecule has 2 saturated heterocycles. The van der Waals surface area contributed by atoms with Crippen molar-refractivity contribution < 1.29 is 24.2 Å². The molecular weight excluding hydrogens is 376 g/mol. The molecule has 0 radical (unpaired) electrons. The fourth-order valence-corrected chi connectivity index (χ4v) is 3.46. The van der Waals surface area contributed by atoms with E-state index in [1.165, 1.54) is 0 Å². The topological polar surface area (TPSA) is 135 Å². The molecule has 3 rings (SSSR count).